The van der Waals surface area contributed by atoms with Crippen LogP contribution in [0.15, 0.2) is 21.2 Å². The van der Waals surface area contributed by atoms with E-state index in [9.17, 15) is 9.59 Å². The Balaban J connectivity index is 2.65. The zero-order valence-corrected chi connectivity index (χ0v) is 14.2. The molecular formula is C14H21BrN2O4. The summed E-state index contributed by atoms with van der Waals surface area (Å²) < 4.78 is 10.4. The van der Waals surface area contributed by atoms with E-state index in [2.05, 4.69) is 20.7 Å². The monoisotopic (exact) mass is 360 g/mol. The van der Waals surface area contributed by atoms with Gasteiger partial charge in [0.1, 0.15) is 0 Å². The smallest absolute Gasteiger partial charge is 0.307 e. The van der Waals surface area contributed by atoms with Gasteiger partial charge in [0.2, 0.25) is 0 Å². The van der Waals surface area contributed by atoms with E-state index < -0.39 is 0 Å². The summed E-state index contributed by atoms with van der Waals surface area (Å²) in [7, 11) is 5.29. The summed E-state index contributed by atoms with van der Waals surface area (Å²) in [5.74, 6) is -0.291. The van der Waals surface area contributed by atoms with Gasteiger partial charge in [-0.3, -0.25) is 9.59 Å². The highest BCUT2D eigenvalue weighted by Gasteiger charge is 2.20. The van der Waals surface area contributed by atoms with Gasteiger partial charge in [0.25, 0.3) is 5.91 Å². The minimum absolute atomic E-state index is 0.173. The fourth-order valence-corrected chi connectivity index (χ4v) is 2.11. The van der Waals surface area contributed by atoms with E-state index in [0.717, 1.165) is 13.0 Å². The quantitative estimate of drug-likeness (QED) is 0.663. The van der Waals surface area contributed by atoms with Gasteiger partial charge in [-0.15, -0.1) is 0 Å². The second kappa shape index (κ2) is 8.84. The van der Waals surface area contributed by atoms with Gasteiger partial charge in [-0.05, 0) is 55.1 Å². The molecule has 0 saturated heterocycles. The lowest BCUT2D eigenvalue weighted by Crippen LogP contribution is -2.35. The van der Waals surface area contributed by atoms with Crippen molar-refractivity contribution in [2.24, 2.45) is 0 Å². The summed E-state index contributed by atoms with van der Waals surface area (Å²) in [5, 5.41) is 0. The molecule has 0 bridgehead atoms. The third-order valence-corrected chi connectivity index (χ3v) is 3.34. The topological polar surface area (TPSA) is 63.0 Å². The largest absolute Gasteiger partial charge is 0.469 e. The highest BCUT2D eigenvalue weighted by molar-refractivity contribution is 9.10. The molecule has 6 nitrogen and oxygen atoms in total. The van der Waals surface area contributed by atoms with Gasteiger partial charge in [-0.2, -0.15) is 0 Å². The predicted molar refractivity (Wildman–Crippen MR) is 82.1 cm³/mol. The molecule has 0 fully saturated rings. The van der Waals surface area contributed by atoms with Crippen LogP contribution in [-0.2, 0) is 9.53 Å². The van der Waals surface area contributed by atoms with Crippen LogP contribution in [0.3, 0.4) is 0 Å². The molecule has 0 aliphatic rings. The zero-order valence-electron chi connectivity index (χ0n) is 12.6. The van der Waals surface area contributed by atoms with Crippen molar-refractivity contribution in [3.63, 3.8) is 0 Å². The van der Waals surface area contributed by atoms with Crippen molar-refractivity contribution < 1.29 is 18.7 Å². The lowest BCUT2D eigenvalue weighted by Gasteiger charge is -2.22. The fourth-order valence-electron chi connectivity index (χ4n) is 1.81. The number of methoxy groups -OCH3 is 1. The molecular weight excluding hydrogens is 340 g/mol. The molecule has 0 radical (unpaired) electrons. The molecule has 0 unspecified atom stereocenters. The van der Waals surface area contributed by atoms with Crippen molar-refractivity contribution in [2.45, 2.75) is 12.8 Å². The first-order valence-corrected chi connectivity index (χ1v) is 7.49. The Bertz CT molecular complexity index is 473. The summed E-state index contributed by atoms with van der Waals surface area (Å²) >= 11 is 3.18. The molecule has 0 spiro atoms. The first-order valence-electron chi connectivity index (χ1n) is 6.70. The van der Waals surface area contributed by atoms with Gasteiger partial charge >= 0.3 is 5.97 Å². The van der Waals surface area contributed by atoms with Gasteiger partial charge in [0.05, 0.1) is 13.5 Å². The molecule has 0 aliphatic carbocycles. The number of halogens is 1. The maximum absolute atomic E-state index is 12.4. The number of nitrogens with zero attached hydrogens (tertiary/aromatic N) is 2. The Hall–Kier alpha value is -1.34. The van der Waals surface area contributed by atoms with Crippen LogP contribution in [-0.4, -0.2) is 62.5 Å². The molecule has 1 heterocycles. The molecule has 1 aromatic rings. The normalized spacial score (nSPS) is 10.7. The van der Waals surface area contributed by atoms with Crippen LogP contribution in [0.2, 0.25) is 0 Å². The minimum Gasteiger partial charge on any atom is -0.469 e. The van der Waals surface area contributed by atoms with Gasteiger partial charge in [0, 0.05) is 13.1 Å². The summed E-state index contributed by atoms with van der Waals surface area (Å²) in [6, 6.07) is 3.29. The number of esters is 1. The van der Waals surface area contributed by atoms with Crippen LogP contribution in [0.4, 0.5) is 0 Å². The fraction of sp³-hybridized carbons (Fsp3) is 0.571. The molecule has 118 valence electrons. The average Bonchev–Trinajstić information content (AvgIpc) is 2.87. The van der Waals surface area contributed by atoms with Crippen LogP contribution >= 0.6 is 15.9 Å². The molecule has 1 aromatic heterocycles. The SMILES string of the molecule is COC(=O)CCN(CCCN(C)C)C(=O)c1ccc(Br)o1. The molecule has 1 rings (SSSR count). The first kappa shape index (κ1) is 17.7. The van der Waals surface area contributed by atoms with Gasteiger partial charge < -0.3 is 19.0 Å². The number of hydrogen-bond donors (Lipinski definition) is 0. The van der Waals surface area contributed by atoms with Crippen LogP contribution in [0.1, 0.15) is 23.4 Å². The van der Waals surface area contributed by atoms with Crippen molar-refractivity contribution in [1.29, 1.82) is 0 Å². The summed E-state index contributed by atoms with van der Waals surface area (Å²) in [4.78, 5) is 27.3. The highest BCUT2D eigenvalue weighted by atomic mass is 79.9. The second-order valence-corrected chi connectivity index (χ2v) is 5.66. The molecule has 0 aliphatic heterocycles. The number of hydrogen-bond acceptors (Lipinski definition) is 5. The summed E-state index contributed by atoms with van der Waals surface area (Å²) in [6.45, 7) is 1.74. The lowest BCUT2D eigenvalue weighted by molar-refractivity contribution is -0.140. The predicted octanol–water partition coefficient (Wildman–Crippen LogP) is 2.00. The van der Waals surface area contributed by atoms with Crippen LogP contribution in [0.25, 0.3) is 0 Å². The number of amides is 1. The number of rotatable bonds is 8. The highest BCUT2D eigenvalue weighted by Crippen LogP contribution is 2.16. The molecule has 0 saturated carbocycles. The average molecular weight is 361 g/mol. The van der Waals surface area contributed by atoms with Crippen LogP contribution in [0.5, 0.6) is 0 Å². The molecule has 0 N–H and O–H groups in total. The molecule has 21 heavy (non-hydrogen) atoms. The van der Waals surface area contributed by atoms with Crippen LogP contribution in [0, 0.1) is 0 Å². The van der Waals surface area contributed by atoms with Crippen molar-refractivity contribution >= 4 is 27.8 Å². The Labute approximate surface area is 133 Å². The maximum Gasteiger partial charge on any atom is 0.307 e. The first-order chi connectivity index (χ1) is 9.93. The molecule has 1 amide bonds. The van der Waals surface area contributed by atoms with Gasteiger partial charge in [0.15, 0.2) is 10.4 Å². The van der Waals surface area contributed by atoms with Crippen molar-refractivity contribution in [2.75, 3.05) is 40.8 Å². The van der Waals surface area contributed by atoms with Crippen molar-refractivity contribution in [3.05, 3.63) is 22.6 Å². The van der Waals surface area contributed by atoms with E-state index in [-0.39, 0.29) is 24.1 Å². The van der Waals surface area contributed by atoms with Gasteiger partial charge in [-0.1, -0.05) is 0 Å². The minimum atomic E-state index is -0.332. The van der Waals surface area contributed by atoms with Crippen molar-refractivity contribution in [3.8, 4) is 0 Å². The maximum atomic E-state index is 12.4. The standard InChI is InChI=1S/C14H21BrN2O4/c1-16(2)8-4-9-17(10-7-13(18)20-3)14(19)11-5-6-12(15)21-11/h5-6H,4,7-10H2,1-3H3. The Kier molecular flexibility index (Phi) is 7.45. The summed E-state index contributed by atoms with van der Waals surface area (Å²) in [6.07, 6.45) is 0.994. The lowest BCUT2D eigenvalue weighted by atomic mass is 10.3. The number of furan rings is 1. The number of carbonyl (C=O) groups excluding carboxylic acids is 2. The third-order valence-electron chi connectivity index (χ3n) is 2.92. The zero-order chi connectivity index (χ0) is 15.8. The van der Waals surface area contributed by atoms with E-state index in [1.54, 1.807) is 17.0 Å². The van der Waals surface area contributed by atoms with E-state index >= 15 is 0 Å². The van der Waals surface area contributed by atoms with E-state index in [0.29, 0.717) is 17.8 Å². The van der Waals surface area contributed by atoms with E-state index in [1.807, 2.05) is 19.0 Å². The Morgan fingerprint density at radius 1 is 1.24 bits per heavy atom. The second-order valence-electron chi connectivity index (χ2n) is 4.88. The number of ether oxygens (including phenoxy) is 1. The number of carbonyl (C=O) groups is 2. The van der Waals surface area contributed by atoms with E-state index in [4.69, 9.17) is 4.42 Å². The molecule has 0 aromatic carbocycles. The van der Waals surface area contributed by atoms with Gasteiger partial charge in [-0.25, -0.2) is 0 Å². The Morgan fingerprint density at radius 2 is 1.95 bits per heavy atom. The van der Waals surface area contributed by atoms with E-state index in [1.165, 1.54) is 7.11 Å². The van der Waals surface area contributed by atoms with Crippen LogP contribution < -0.4 is 0 Å². The van der Waals surface area contributed by atoms with Crippen molar-refractivity contribution in [1.82, 2.24) is 9.80 Å². The third kappa shape index (κ3) is 6.31. The Morgan fingerprint density at radius 3 is 2.48 bits per heavy atom. The summed E-state index contributed by atoms with van der Waals surface area (Å²) in [5.41, 5.74) is 0. The molecule has 0 atom stereocenters. The molecule has 7 heteroatoms.